The third kappa shape index (κ3) is 3.33. The van der Waals surface area contributed by atoms with Crippen molar-refractivity contribution in [2.45, 2.75) is 3.79 Å². The largest absolute Gasteiger partial charge is 0.282 e. The van der Waals surface area contributed by atoms with Crippen molar-refractivity contribution in [2.24, 2.45) is 4.99 Å². The molecule has 0 saturated heterocycles. The fourth-order valence-corrected chi connectivity index (χ4v) is 0.380. The van der Waals surface area contributed by atoms with Crippen molar-refractivity contribution in [3.8, 4) is 0 Å². The third-order valence-electron chi connectivity index (χ3n) is 0.430. The van der Waals surface area contributed by atoms with Gasteiger partial charge in [-0.15, -0.1) is 0 Å². The van der Waals surface area contributed by atoms with E-state index in [1.807, 2.05) is 22.6 Å². The SMILES string of the molecule is CN=C(I)C(Cl)(Cl)Cl. The van der Waals surface area contributed by atoms with Gasteiger partial charge in [-0.3, -0.25) is 4.99 Å². The van der Waals surface area contributed by atoms with Crippen LogP contribution in [0.5, 0.6) is 0 Å². The molecule has 0 aliphatic rings. The van der Waals surface area contributed by atoms with E-state index in [0.29, 0.717) is 3.72 Å². The molecule has 0 heterocycles. The highest BCUT2D eigenvalue weighted by Gasteiger charge is 2.24. The molecule has 0 spiro atoms. The minimum atomic E-state index is -1.34. The Bertz CT molecular complexity index is 106. The molecule has 0 N–H and O–H groups in total. The zero-order valence-corrected chi connectivity index (χ0v) is 8.38. The van der Waals surface area contributed by atoms with Crippen molar-refractivity contribution in [1.82, 2.24) is 0 Å². The lowest BCUT2D eigenvalue weighted by Gasteiger charge is -2.05. The normalized spacial score (nSPS) is 14.4. The Hall–Kier alpha value is 1.27. The lowest BCUT2D eigenvalue weighted by atomic mass is 10.8. The van der Waals surface area contributed by atoms with Gasteiger partial charge in [-0.2, -0.15) is 0 Å². The molecule has 0 aromatic heterocycles. The van der Waals surface area contributed by atoms with Crippen molar-refractivity contribution >= 4 is 61.1 Å². The van der Waals surface area contributed by atoms with Crippen molar-refractivity contribution in [1.29, 1.82) is 0 Å². The number of rotatable bonds is 0. The zero-order valence-electron chi connectivity index (χ0n) is 3.96. The first-order valence-corrected chi connectivity index (χ1v) is 3.89. The first-order valence-electron chi connectivity index (χ1n) is 1.68. The van der Waals surface area contributed by atoms with Gasteiger partial charge in [-0.25, -0.2) is 0 Å². The number of alkyl halides is 3. The second-order valence-electron chi connectivity index (χ2n) is 1.01. The predicted octanol–water partition coefficient (Wildman–Crippen LogP) is 2.82. The van der Waals surface area contributed by atoms with E-state index in [0.717, 1.165) is 0 Å². The van der Waals surface area contributed by atoms with Gasteiger partial charge >= 0.3 is 0 Å². The fraction of sp³-hybridized carbons (Fsp3) is 0.667. The molecule has 48 valence electrons. The molecule has 0 bridgehead atoms. The minimum absolute atomic E-state index is 0.472. The standard InChI is InChI=1S/C3H3Cl3IN/c1-8-2(7)3(4,5)6/h1H3. The van der Waals surface area contributed by atoms with Gasteiger partial charge in [0.15, 0.2) is 0 Å². The second kappa shape index (κ2) is 3.44. The highest BCUT2D eigenvalue weighted by Crippen LogP contribution is 2.30. The molecular formula is C3H3Cl3IN. The summed E-state index contributed by atoms with van der Waals surface area (Å²) in [6.07, 6.45) is 0. The molecule has 1 nitrogen and oxygen atoms in total. The van der Waals surface area contributed by atoms with Gasteiger partial charge in [-0.1, -0.05) is 34.8 Å². The first-order chi connectivity index (χ1) is 3.48. The first kappa shape index (κ1) is 9.27. The minimum Gasteiger partial charge on any atom is -0.282 e. The topological polar surface area (TPSA) is 12.4 Å². The third-order valence-corrected chi connectivity index (χ3v) is 3.22. The number of halogens is 4. The van der Waals surface area contributed by atoms with E-state index < -0.39 is 3.79 Å². The maximum atomic E-state index is 5.38. The quantitative estimate of drug-likeness (QED) is 0.369. The summed E-state index contributed by atoms with van der Waals surface area (Å²) >= 11 is 18.0. The molecule has 0 unspecified atom stereocenters. The summed E-state index contributed by atoms with van der Waals surface area (Å²) in [5.41, 5.74) is 0. The lowest BCUT2D eigenvalue weighted by Crippen LogP contribution is -2.10. The smallest absolute Gasteiger partial charge is 0.237 e. The Balaban J connectivity index is 4.03. The van der Waals surface area contributed by atoms with Gasteiger partial charge in [0.25, 0.3) is 0 Å². The average molecular weight is 286 g/mol. The Morgan fingerprint density at radius 2 is 1.88 bits per heavy atom. The van der Waals surface area contributed by atoms with Gasteiger partial charge < -0.3 is 0 Å². The van der Waals surface area contributed by atoms with E-state index in [1.54, 1.807) is 7.05 Å². The van der Waals surface area contributed by atoms with Crippen LogP contribution in [0.2, 0.25) is 0 Å². The number of hydrogen-bond donors (Lipinski definition) is 0. The van der Waals surface area contributed by atoms with E-state index in [9.17, 15) is 0 Å². The number of aliphatic imine (C=N–C) groups is 1. The maximum Gasteiger partial charge on any atom is 0.237 e. The Labute approximate surface area is 76.5 Å². The van der Waals surface area contributed by atoms with Crippen LogP contribution in [0.1, 0.15) is 0 Å². The molecule has 0 amide bonds. The van der Waals surface area contributed by atoms with Crippen LogP contribution >= 0.6 is 57.4 Å². The summed E-state index contributed by atoms with van der Waals surface area (Å²) in [5, 5.41) is 0. The molecule has 0 saturated carbocycles. The highest BCUT2D eigenvalue weighted by atomic mass is 127. The van der Waals surface area contributed by atoms with Crippen LogP contribution < -0.4 is 0 Å². The molecule has 8 heavy (non-hydrogen) atoms. The molecular weight excluding hydrogens is 283 g/mol. The zero-order chi connectivity index (χ0) is 6.78. The summed E-state index contributed by atoms with van der Waals surface area (Å²) < 4.78 is -0.866. The Morgan fingerprint density at radius 1 is 1.50 bits per heavy atom. The molecule has 0 rings (SSSR count). The number of hydrogen-bond acceptors (Lipinski definition) is 1. The van der Waals surface area contributed by atoms with Crippen LogP contribution in [0, 0.1) is 0 Å². The van der Waals surface area contributed by atoms with Crippen LogP contribution in [0.4, 0.5) is 0 Å². The molecule has 5 heteroatoms. The maximum absolute atomic E-state index is 5.38. The van der Waals surface area contributed by atoms with E-state index in [4.69, 9.17) is 34.8 Å². The summed E-state index contributed by atoms with van der Waals surface area (Å²) in [5.74, 6) is 0. The van der Waals surface area contributed by atoms with Gasteiger partial charge in [0.05, 0.1) is 0 Å². The monoisotopic (exact) mass is 285 g/mol. The van der Waals surface area contributed by atoms with Crippen LogP contribution in [0.25, 0.3) is 0 Å². The fourth-order valence-electron chi connectivity index (χ4n) is 0.127. The lowest BCUT2D eigenvalue weighted by molar-refractivity contribution is 1.42. The van der Waals surface area contributed by atoms with Crippen molar-refractivity contribution < 1.29 is 0 Å². The molecule has 0 aromatic rings. The summed E-state index contributed by atoms with van der Waals surface area (Å²) in [6, 6.07) is 0. The summed E-state index contributed by atoms with van der Waals surface area (Å²) in [4.78, 5) is 3.67. The van der Waals surface area contributed by atoms with E-state index in [-0.39, 0.29) is 0 Å². The van der Waals surface area contributed by atoms with E-state index >= 15 is 0 Å². The van der Waals surface area contributed by atoms with Crippen molar-refractivity contribution in [3.05, 3.63) is 0 Å². The molecule has 0 aliphatic carbocycles. The Morgan fingerprint density at radius 3 is 1.88 bits per heavy atom. The Kier molecular flexibility index (Phi) is 3.99. The van der Waals surface area contributed by atoms with Gasteiger partial charge in [0, 0.05) is 7.05 Å². The van der Waals surface area contributed by atoms with Crippen LogP contribution in [-0.4, -0.2) is 14.6 Å². The molecule has 0 aliphatic heterocycles. The molecule has 0 atom stereocenters. The van der Waals surface area contributed by atoms with Crippen molar-refractivity contribution in [3.63, 3.8) is 0 Å². The average Bonchev–Trinajstić information content (AvgIpc) is 1.62. The van der Waals surface area contributed by atoms with Crippen molar-refractivity contribution in [2.75, 3.05) is 7.05 Å². The molecule has 0 aromatic carbocycles. The van der Waals surface area contributed by atoms with Crippen LogP contribution in [-0.2, 0) is 0 Å². The van der Waals surface area contributed by atoms with Crippen LogP contribution in [0.15, 0.2) is 4.99 Å². The van der Waals surface area contributed by atoms with Crippen LogP contribution in [0.3, 0.4) is 0 Å². The predicted molar refractivity (Wildman–Crippen MR) is 47.7 cm³/mol. The van der Waals surface area contributed by atoms with E-state index in [2.05, 4.69) is 4.99 Å². The number of nitrogens with zero attached hydrogens (tertiary/aromatic N) is 1. The van der Waals surface area contributed by atoms with Gasteiger partial charge in [0.1, 0.15) is 3.72 Å². The van der Waals surface area contributed by atoms with E-state index in [1.165, 1.54) is 0 Å². The van der Waals surface area contributed by atoms with Gasteiger partial charge in [-0.05, 0) is 22.6 Å². The molecule has 0 radical (unpaired) electrons. The summed E-state index contributed by atoms with van der Waals surface area (Å²) in [7, 11) is 1.57. The molecule has 0 fully saturated rings. The van der Waals surface area contributed by atoms with Gasteiger partial charge in [0.2, 0.25) is 3.79 Å². The second-order valence-corrected chi connectivity index (χ2v) is 4.32. The summed E-state index contributed by atoms with van der Waals surface area (Å²) in [6.45, 7) is 0. The highest BCUT2D eigenvalue weighted by molar-refractivity contribution is 14.1.